The maximum atomic E-state index is 11.1. The third kappa shape index (κ3) is 4.48. The number of rotatable bonds is 6. The molecule has 10 heteroatoms. The van der Waals surface area contributed by atoms with Crippen molar-refractivity contribution in [2.45, 2.75) is 6.42 Å². The number of anilines is 1. The minimum atomic E-state index is -0.681. The van der Waals surface area contributed by atoms with E-state index in [4.69, 9.17) is 0 Å². The second-order valence-electron chi connectivity index (χ2n) is 4.27. The Kier molecular flexibility index (Phi) is 5.20. The number of nitrogens with one attached hydrogen (secondary N) is 1. The van der Waals surface area contributed by atoms with Gasteiger partial charge in [0.15, 0.2) is 5.75 Å². The monoisotopic (exact) mass is 336 g/mol. The molecule has 0 atom stereocenters. The lowest BCUT2D eigenvalue weighted by molar-refractivity contribution is -0.385. The molecule has 0 aliphatic heterocycles. The molecule has 2 rings (SSSR count). The van der Waals surface area contributed by atoms with Gasteiger partial charge in [0, 0.05) is 17.0 Å². The van der Waals surface area contributed by atoms with Gasteiger partial charge in [-0.1, -0.05) is 0 Å². The molecule has 0 amide bonds. The fourth-order valence-corrected chi connectivity index (χ4v) is 2.25. The molecule has 2 aromatic rings. The van der Waals surface area contributed by atoms with Crippen LogP contribution in [-0.2, 0) is 16.0 Å². The van der Waals surface area contributed by atoms with Crippen LogP contribution < -0.4 is 5.43 Å². The Bertz CT molecular complexity index is 759. The predicted octanol–water partition coefficient (Wildman–Crippen LogP) is 1.92. The van der Waals surface area contributed by atoms with E-state index in [0.717, 1.165) is 0 Å². The van der Waals surface area contributed by atoms with Crippen molar-refractivity contribution >= 4 is 34.3 Å². The maximum absolute atomic E-state index is 11.1. The summed E-state index contributed by atoms with van der Waals surface area (Å²) in [5, 5.41) is 26.1. The van der Waals surface area contributed by atoms with Crippen molar-refractivity contribution in [3.8, 4) is 5.75 Å². The van der Waals surface area contributed by atoms with E-state index in [1.807, 2.05) is 0 Å². The van der Waals surface area contributed by atoms with E-state index >= 15 is 0 Å². The van der Waals surface area contributed by atoms with E-state index in [0.29, 0.717) is 16.4 Å². The van der Waals surface area contributed by atoms with E-state index in [9.17, 15) is 20.0 Å². The van der Waals surface area contributed by atoms with Crippen LogP contribution in [0.3, 0.4) is 0 Å². The first kappa shape index (κ1) is 16.4. The number of thiazole rings is 1. The van der Waals surface area contributed by atoms with Crippen LogP contribution in [0.2, 0.25) is 0 Å². The zero-order valence-electron chi connectivity index (χ0n) is 11.9. The van der Waals surface area contributed by atoms with Crippen molar-refractivity contribution in [3.05, 3.63) is 45.0 Å². The molecule has 0 saturated heterocycles. The number of nitrogens with zero attached hydrogens (tertiary/aromatic N) is 3. The summed E-state index contributed by atoms with van der Waals surface area (Å²) in [6, 6.07) is 3.90. The third-order valence-corrected chi connectivity index (χ3v) is 3.47. The molecule has 0 radical (unpaired) electrons. The molecular weight excluding hydrogens is 324 g/mol. The summed E-state index contributed by atoms with van der Waals surface area (Å²) in [4.78, 5) is 25.3. The molecular formula is C13H12N4O5S. The first-order valence-electron chi connectivity index (χ1n) is 6.27. The molecule has 0 aliphatic carbocycles. The van der Waals surface area contributed by atoms with Gasteiger partial charge in [-0.05, 0) is 12.1 Å². The maximum Gasteiger partial charge on any atom is 0.311 e. The number of hydrogen-bond acceptors (Lipinski definition) is 9. The molecule has 120 valence electrons. The van der Waals surface area contributed by atoms with Gasteiger partial charge in [0.25, 0.3) is 0 Å². The van der Waals surface area contributed by atoms with Gasteiger partial charge in [0.1, 0.15) is 0 Å². The standard InChI is InChI=1S/C13H12N4O5S/c1-22-12(19)5-9-7-23-13(15-9)16-14-6-8-2-3-11(18)10(4-8)17(20)21/h2-4,6-7,18H,5H2,1H3,(H,15,16)/b14-6-. The zero-order valence-corrected chi connectivity index (χ0v) is 12.7. The van der Waals surface area contributed by atoms with Gasteiger partial charge in [0.05, 0.1) is 30.4 Å². The number of aromatic nitrogens is 1. The fourth-order valence-electron chi connectivity index (χ4n) is 1.59. The highest BCUT2D eigenvalue weighted by Crippen LogP contribution is 2.25. The number of ether oxygens (including phenoxy) is 1. The summed E-state index contributed by atoms with van der Waals surface area (Å²) < 4.78 is 4.54. The number of benzene rings is 1. The van der Waals surface area contributed by atoms with Crippen LogP contribution in [0.25, 0.3) is 0 Å². The van der Waals surface area contributed by atoms with Gasteiger partial charge in [-0.15, -0.1) is 11.3 Å². The number of methoxy groups -OCH3 is 1. The van der Waals surface area contributed by atoms with E-state index in [2.05, 4.69) is 20.2 Å². The lowest BCUT2D eigenvalue weighted by atomic mass is 10.2. The van der Waals surface area contributed by atoms with Crippen molar-refractivity contribution in [2.24, 2.45) is 5.10 Å². The molecule has 9 nitrogen and oxygen atoms in total. The topological polar surface area (TPSA) is 127 Å². The second kappa shape index (κ2) is 7.31. The normalized spacial score (nSPS) is 10.7. The quantitative estimate of drug-likeness (QED) is 0.357. The number of hydrazone groups is 1. The van der Waals surface area contributed by atoms with Gasteiger partial charge in [-0.2, -0.15) is 5.10 Å². The summed E-state index contributed by atoms with van der Waals surface area (Å²) in [7, 11) is 1.30. The van der Waals surface area contributed by atoms with Crippen molar-refractivity contribution in [3.63, 3.8) is 0 Å². The van der Waals surface area contributed by atoms with Crippen molar-refractivity contribution in [1.29, 1.82) is 0 Å². The van der Waals surface area contributed by atoms with Crippen LogP contribution in [0.5, 0.6) is 5.75 Å². The molecule has 1 heterocycles. The molecule has 0 unspecified atom stereocenters. The van der Waals surface area contributed by atoms with Gasteiger partial charge >= 0.3 is 11.7 Å². The number of aromatic hydroxyl groups is 1. The van der Waals surface area contributed by atoms with Crippen LogP contribution in [0.15, 0.2) is 28.7 Å². The smallest absolute Gasteiger partial charge is 0.311 e. The fraction of sp³-hybridized carbons (Fsp3) is 0.154. The lowest BCUT2D eigenvalue weighted by Gasteiger charge is -1.98. The van der Waals surface area contributed by atoms with Crippen LogP contribution in [-0.4, -0.2) is 34.3 Å². The van der Waals surface area contributed by atoms with Gasteiger partial charge < -0.3 is 9.84 Å². The Balaban J connectivity index is 2.00. The molecule has 0 fully saturated rings. The molecule has 0 saturated carbocycles. The molecule has 1 aromatic carbocycles. The van der Waals surface area contributed by atoms with Crippen LogP contribution >= 0.6 is 11.3 Å². The Morgan fingerprint density at radius 1 is 1.61 bits per heavy atom. The number of carbonyl (C=O) groups is 1. The van der Waals surface area contributed by atoms with Crippen LogP contribution in [0, 0.1) is 10.1 Å². The molecule has 0 bridgehead atoms. The van der Waals surface area contributed by atoms with Gasteiger partial charge in [-0.3, -0.25) is 20.3 Å². The third-order valence-electron chi connectivity index (χ3n) is 2.67. The zero-order chi connectivity index (χ0) is 16.8. The minimum Gasteiger partial charge on any atom is -0.502 e. The van der Waals surface area contributed by atoms with E-state index in [1.165, 1.54) is 42.9 Å². The highest BCUT2D eigenvalue weighted by molar-refractivity contribution is 7.13. The summed E-state index contributed by atoms with van der Waals surface area (Å²) in [5.74, 6) is -0.797. The number of nitro groups is 1. The predicted molar refractivity (Wildman–Crippen MR) is 83.8 cm³/mol. The van der Waals surface area contributed by atoms with Gasteiger partial charge in [0.2, 0.25) is 5.13 Å². The van der Waals surface area contributed by atoms with Crippen molar-refractivity contribution in [2.75, 3.05) is 12.5 Å². The molecule has 23 heavy (non-hydrogen) atoms. The second-order valence-corrected chi connectivity index (χ2v) is 5.13. The Morgan fingerprint density at radius 3 is 3.09 bits per heavy atom. The summed E-state index contributed by atoms with van der Waals surface area (Å²) in [6.45, 7) is 0. The number of phenolic OH excluding ortho intramolecular Hbond substituents is 1. The number of nitro benzene ring substituents is 1. The highest BCUT2D eigenvalue weighted by Gasteiger charge is 2.12. The molecule has 1 aromatic heterocycles. The summed E-state index contributed by atoms with van der Waals surface area (Å²) >= 11 is 1.26. The SMILES string of the molecule is COC(=O)Cc1csc(N/N=C\c2ccc(O)c([N+](=O)[O-])c2)n1. The largest absolute Gasteiger partial charge is 0.502 e. The van der Waals surface area contributed by atoms with Crippen LogP contribution in [0.1, 0.15) is 11.3 Å². The molecule has 0 aliphatic rings. The lowest BCUT2D eigenvalue weighted by Crippen LogP contribution is -2.04. The van der Waals surface area contributed by atoms with E-state index in [-0.39, 0.29) is 12.4 Å². The van der Waals surface area contributed by atoms with Crippen LogP contribution in [0.4, 0.5) is 10.8 Å². The first-order valence-corrected chi connectivity index (χ1v) is 7.15. The number of phenols is 1. The Hall–Kier alpha value is -3.01. The Labute approximate surface area is 134 Å². The summed E-state index contributed by atoms with van der Waals surface area (Å²) in [6.07, 6.45) is 1.43. The van der Waals surface area contributed by atoms with Crippen molar-refractivity contribution in [1.82, 2.24) is 4.98 Å². The first-order chi connectivity index (χ1) is 11.0. The van der Waals surface area contributed by atoms with Crippen molar-refractivity contribution < 1.29 is 19.6 Å². The van der Waals surface area contributed by atoms with Gasteiger partial charge in [-0.25, -0.2) is 4.98 Å². The van der Waals surface area contributed by atoms with E-state index in [1.54, 1.807) is 5.38 Å². The number of esters is 1. The minimum absolute atomic E-state index is 0.0720. The molecule has 2 N–H and O–H groups in total. The average molecular weight is 336 g/mol. The average Bonchev–Trinajstić information content (AvgIpc) is 2.96. The molecule has 0 spiro atoms. The number of carbonyl (C=O) groups excluding carboxylic acids is 1. The van der Waals surface area contributed by atoms with E-state index < -0.39 is 16.4 Å². The number of hydrogen-bond donors (Lipinski definition) is 2. The Morgan fingerprint density at radius 2 is 2.39 bits per heavy atom. The highest BCUT2D eigenvalue weighted by atomic mass is 32.1. The summed E-state index contributed by atoms with van der Waals surface area (Å²) in [5.41, 5.74) is 3.25.